The smallest absolute Gasteiger partial charge is 0.490 e. The highest BCUT2D eigenvalue weighted by molar-refractivity contribution is 6.30. The summed E-state index contributed by atoms with van der Waals surface area (Å²) in [4.78, 5) is 16.9. The first-order chi connectivity index (χ1) is 12.6. The molecular weight excluding hydrogens is 398 g/mol. The van der Waals surface area contributed by atoms with Gasteiger partial charge in [-0.05, 0) is 18.2 Å². The molecule has 0 aliphatic heterocycles. The number of nitrogens with one attached hydrogen (secondary N) is 1. The molecule has 7 nitrogen and oxygen atoms in total. The third-order valence-corrected chi connectivity index (χ3v) is 3.03. The molecule has 12 heteroatoms. The summed E-state index contributed by atoms with van der Waals surface area (Å²) in [7, 11) is 1.52. The molecule has 0 fully saturated rings. The van der Waals surface area contributed by atoms with Gasteiger partial charge in [0.25, 0.3) is 0 Å². The summed E-state index contributed by atoms with van der Waals surface area (Å²) in [6, 6.07) is 5.01. The average molecular weight is 412 g/mol. The third-order valence-electron chi connectivity index (χ3n) is 2.79. The summed E-state index contributed by atoms with van der Waals surface area (Å²) >= 11 is 5.94. The number of hydrogen-bond donors (Lipinski definition) is 3. The van der Waals surface area contributed by atoms with E-state index in [-0.39, 0.29) is 24.8 Å². The number of aliphatic hydroxyl groups excluding tert-OH is 1. The van der Waals surface area contributed by atoms with Crippen LogP contribution in [0.4, 0.5) is 23.4 Å². The van der Waals surface area contributed by atoms with Crippen LogP contribution in [0.1, 0.15) is 0 Å². The number of carbonyl (C=O) groups is 1. The normalized spacial score (nSPS) is 10.6. The van der Waals surface area contributed by atoms with Crippen LogP contribution >= 0.6 is 11.6 Å². The Morgan fingerprint density at radius 1 is 1.37 bits per heavy atom. The van der Waals surface area contributed by atoms with Gasteiger partial charge in [-0.2, -0.15) is 13.2 Å². The molecule has 1 heterocycles. The standard InChI is InChI=1S/C13H13ClFN3O2.C2HF3O2/c1-20-11-3-2-8(14)6-9(11)12-17-7-10(15)13(18-12)16-4-5-19;3-2(4,5)1(6)7/h2-3,6-7,19H,4-5H2,1H3,(H,16,17,18);(H,6,7). The van der Waals surface area contributed by atoms with E-state index in [0.717, 1.165) is 6.20 Å². The van der Waals surface area contributed by atoms with Crippen molar-refractivity contribution in [2.75, 3.05) is 25.6 Å². The van der Waals surface area contributed by atoms with Gasteiger partial charge in [-0.15, -0.1) is 0 Å². The molecule has 148 valence electrons. The zero-order valence-electron chi connectivity index (χ0n) is 13.7. The van der Waals surface area contributed by atoms with Crippen LogP contribution in [-0.4, -0.2) is 52.6 Å². The Balaban J connectivity index is 0.000000445. The lowest BCUT2D eigenvalue weighted by Crippen LogP contribution is -2.21. The van der Waals surface area contributed by atoms with Crippen molar-refractivity contribution in [3.05, 3.63) is 35.2 Å². The molecule has 0 aliphatic carbocycles. The van der Waals surface area contributed by atoms with Gasteiger partial charge in [-0.1, -0.05) is 11.6 Å². The molecular formula is C15H14ClF4N3O4. The first kappa shape index (κ1) is 22.4. The van der Waals surface area contributed by atoms with Crippen molar-refractivity contribution in [3.63, 3.8) is 0 Å². The summed E-state index contributed by atoms with van der Waals surface area (Å²) in [5.74, 6) is -2.51. The summed E-state index contributed by atoms with van der Waals surface area (Å²) in [5.41, 5.74) is 0.562. The Bertz CT molecular complexity index is 790. The van der Waals surface area contributed by atoms with Crippen molar-refractivity contribution in [2.45, 2.75) is 6.18 Å². The van der Waals surface area contributed by atoms with Gasteiger partial charge in [0, 0.05) is 11.6 Å². The van der Waals surface area contributed by atoms with Gasteiger partial charge in [0.1, 0.15) is 5.75 Å². The number of hydrogen-bond acceptors (Lipinski definition) is 6. The Morgan fingerprint density at radius 3 is 2.52 bits per heavy atom. The van der Waals surface area contributed by atoms with Crippen LogP contribution in [0.3, 0.4) is 0 Å². The number of methoxy groups -OCH3 is 1. The SMILES string of the molecule is COc1ccc(Cl)cc1-c1ncc(F)c(NCCO)n1.O=C(O)C(F)(F)F. The number of aromatic nitrogens is 2. The lowest BCUT2D eigenvalue weighted by atomic mass is 10.2. The predicted octanol–water partition coefficient (Wildman–Crippen LogP) is 2.98. The van der Waals surface area contributed by atoms with E-state index in [2.05, 4.69) is 15.3 Å². The molecule has 0 aliphatic rings. The fourth-order valence-corrected chi connectivity index (χ4v) is 1.82. The van der Waals surface area contributed by atoms with Gasteiger partial charge >= 0.3 is 12.1 Å². The third kappa shape index (κ3) is 6.87. The highest BCUT2D eigenvalue weighted by atomic mass is 35.5. The lowest BCUT2D eigenvalue weighted by molar-refractivity contribution is -0.192. The maximum Gasteiger partial charge on any atom is 0.490 e. The summed E-state index contributed by atoms with van der Waals surface area (Å²) in [6.07, 6.45) is -4.03. The van der Waals surface area contributed by atoms with Gasteiger partial charge in [0.15, 0.2) is 17.5 Å². The zero-order chi connectivity index (χ0) is 20.6. The number of ether oxygens (including phenoxy) is 1. The van der Waals surface area contributed by atoms with E-state index in [0.29, 0.717) is 16.3 Å². The number of carboxylic acids is 1. The second kappa shape index (κ2) is 9.88. The lowest BCUT2D eigenvalue weighted by Gasteiger charge is -2.10. The summed E-state index contributed by atoms with van der Waals surface area (Å²) in [6.45, 7) is 0.0688. The Morgan fingerprint density at radius 2 is 2.00 bits per heavy atom. The van der Waals surface area contributed by atoms with Crippen LogP contribution in [0.2, 0.25) is 5.02 Å². The number of rotatable bonds is 5. The van der Waals surface area contributed by atoms with E-state index in [4.69, 9.17) is 31.3 Å². The minimum absolute atomic E-state index is 0.0195. The topological polar surface area (TPSA) is 105 Å². The van der Waals surface area contributed by atoms with Gasteiger partial charge < -0.3 is 20.3 Å². The minimum atomic E-state index is -5.08. The Kier molecular flexibility index (Phi) is 8.19. The van der Waals surface area contributed by atoms with Gasteiger partial charge in [-0.3, -0.25) is 0 Å². The molecule has 0 bridgehead atoms. The number of benzene rings is 1. The van der Waals surface area contributed by atoms with Crippen LogP contribution in [-0.2, 0) is 4.79 Å². The second-order valence-electron chi connectivity index (χ2n) is 4.69. The maximum absolute atomic E-state index is 13.5. The minimum Gasteiger partial charge on any atom is -0.496 e. The van der Waals surface area contributed by atoms with Crippen molar-refractivity contribution in [1.29, 1.82) is 0 Å². The first-order valence-corrected chi connectivity index (χ1v) is 7.49. The molecule has 0 spiro atoms. The fourth-order valence-electron chi connectivity index (χ4n) is 1.65. The summed E-state index contributed by atoms with van der Waals surface area (Å²) in [5, 5.41) is 19.1. The monoisotopic (exact) mass is 411 g/mol. The highest BCUT2D eigenvalue weighted by Crippen LogP contribution is 2.31. The molecule has 0 unspecified atom stereocenters. The molecule has 0 saturated carbocycles. The van der Waals surface area contributed by atoms with Crippen LogP contribution in [0.15, 0.2) is 24.4 Å². The maximum atomic E-state index is 13.5. The number of alkyl halides is 3. The van der Waals surface area contributed by atoms with Crippen LogP contribution in [0.5, 0.6) is 5.75 Å². The van der Waals surface area contributed by atoms with Gasteiger partial charge in [0.05, 0.1) is 25.5 Å². The van der Waals surface area contributed by atoms with Crippen molar-refractivity contribution in [3.8, 4) is 17.1 Å². The molecule has 0 radical (unpaired) electrons. The molecule has 2 aromatic rings. The van der Waals surface area contributed by atoms with Crippen LogP contribution in [0, 0.1) is 5.82 Å². The summed E-state index contributed by atoms with van der Waals surface area (Å²) < 4.78 is 50.5. The van der Waals surface area contributed by atoms with Crippen LogP contribution in [0.25, 0.3) is 11.4 Å². The first-order valence-electron chi connectivity index (χ1n) is 7.11. The average Bonchev–Trinajstić information content (AvgIpc) is 2.60. The van der Waals surface area contributed by atoms with Gasteiger partial charge in [-0.25, -0.2) is 19.2 Å². The number of aliphatic carboxylic acids is 1. The molecule has 27 heavy (non-hydrogen) atoms. The van der Waals surface area contributed by atoms with E-state index in [9.17, 15) is 17.6 Å². The highest BCUT2D eigenvalue weighted by Gasteiger charge is 2.38. The van der Waals surface area contributed by atoms with Crippen molar-refractivity contribution >= 4 is 23.4 Å². The predicted molar refractivity (Wildman–Crippen MR) is 88.3 cm³/mol. The molecule has 0 atom stereocenters. The second-order valence-corrected chi connectivity index (χ2v) is 5.12. The van der Waals surface area contributed by atoms with Crippen molar-refractivity contribution < 1.29 is 37.3 Å². The van der Waals surface area contributed by atoms with Crippen molar-refractivity contribution in [2.24, 2.45) is 0 Å². The molecule has 1 aromatic carbocycles. The zero-order valence-corrected chi connectivity index (χ0v) is 14.5. The van der Waals surface area contributed by atoms with E-state index in [1.165, 1.54) is 7.11 Å². The molecule has 1 aromatic heterocycles. The number of carboxylic acid groups (broad SMARTS) is 1. The molecule has 2 rings (SSSR count). The van der Waals surface area contributed by atoms with Crippen molar-refractivity contribution in [1.82, 2.24) is 9.97 Å². The van der Waals surface area contributed by atoms with E-state index in [1.807, 2.05) is 0 Å². The number of aliphatic hydroxyl groups is 1. The molecule has 0 saturated heterocycles. The van der Waals surface area contributed by atoms with E-state index < -0.39 is 18.0 Å². The van der Waals surface area contributed by atoms with E-state index >= 15 is 0 Å². The quantitative estimate of drug-likeness (QED) is 0.650. The van der Waals surface area contributed by atoms with Gasteiger partial charge in [0.2, 0.25) is 0 Å². The number of nitrogens with zero attached hydrogens (tertiary/aromatic N) is 2. The Hall–Kier alpha value is -2.66. The molecule has 0 amide bonds. The fraction of sp³-hybridized carbons (Fsp3) is 0.267. The Labute approximate surface area is 155 Å². The number of anilines is 1. The number of halogens is 5. The molecule has 3 N–H and O–H groups in total. The van der Waals surface area contributed by atoms with E-state index in [1.54, 1.807) is 18.2 Å². The largest absolute Gasteiger partial charge is 0.496 e. The van der Waals surface area contributed by atoms with Crippen LogP contribution < -0.4 is 10.1 Å².